The SMILES string of the molecule is C=O.CC.CC.CCC(CCNC)CNc1cc(-c2ccccc2O)nc2c(Br)cnn12.Cc1ccc(C=O)cc1O. The number of carbonyl (C=O) groups excluding carboxylic acids is 2. The summed E-state index contributed by atoms with van der Waals surface area (Å²) in [5, 5.41) is 30.4. The van der Waals surface area contributed by atoms with Gasteiger partial charge in [-0.1, -0.05) is 65.3 Å². The summed E-state index contributed by atoms with van der Waals surface area (Å²) < 4.78 is 2.61. The van der Waals surface area contributed by atoms with Crippen LogP contribution in [0.25, 0.3) is 16.9 Å². The van der Waals surface area contributed by atoms with Crippen LogP contribution in [0.5, 0.6) is 11.5 Å². The van der Waals surface area contributed by atoms with Crippen LogP contribution in [0, 0.1) is 12.8 Å². The molecule has 0 bridgehead atoms. The molecule has 0 amide bonds. The largest absolute Gasteiger partial charge is 0.508 e. The number of hydrogen-bond donors (Lipinski definition) is 4. The molecule has 4 N–H and O–H groups in total. The summed E-state index contributed by atoms with van der Waals surface area (Å²) in [5.74, 6) is 1.82. The maximum absolute atomic E-state index is 10.2. The first kappa shape index (κ1) is 38.2. The average Bonchev–Trinajstić information content (AvgIpc) is 3.42. The molecule has 4 aromatic rings. The van der Waals surface area contributed by atoms with Crippen molar-refractivity contribution in [2.75, 3.05) is 25.5 Å². The molecule has 2 aromatic carbocycles. The average molecular weight is 645 g/mol. The van der Waals surface area contributed by atoms with Crippen molar-refractivity contribution >= 4 is 40.5 Å². The summed E-state index contributed by atoms with van der Waals surface area (Å²) in [5.41, 5.74) is 3.42. The van der Waals surface area contributed by atoms with E-state index in [0.29, 0.717) is 29.0 Å². The first-order valence-corrected chi connectivity index (χ1v) is 14.9. The molecule has 0 aliphatic heterocycles. The van der Waals surface area contributed by atoms with Crippen molar-refractivity contribution in [1.29, 1.82) is 0 Å². The predicted octanol–water partition coefficient (Wildman–Crippen LogP) is 7.29. The molecule has 0 fully saturated rings. The van der Waals surface area contributed by atoms with Crippen LogP contribution >= 0.6 is 15.9 Å². The summed E-state index contributed by atoms with van der Waals surface area (Å²) in [6, 6.07) is 14.0. The van der Waals surface area contributed by atoms with E-state index in [1.807, 2.05) is 59.7 Å². The monoisotopic (exact) mass is 643 g/mol. The van der Waals surface area contributed by atoms with Crippen LogP contribution in [0.4, 0.5) is 5.82 Å². The maximum Gasteiger partial charge on any atom is 0.172 e. The van der Waals surface area contributed by atoms with Crippen molar-refractivity contribution in [2.45, 2.75) is 54.4 Å². The Kier molecular flexibility index (Phi) is 20.0. The number of phenolic OH excluding ortho intramolecular Hbond substituents is 2. The number of fused-ring (bicyclic) bond motifs is 1. The summed E-state index contributed by atoms with van der Waals surface area (Å²) in [6.07, 6.45) is 4.67. The van der Waals surface area contributed by atoms with E-state index >= 15 is 0 Å². The lowest BCUT2D eigenvalue weighted by atomic mass is 10.0. The number of rotatable bonds is 9. The normalized spacial score (nSPS) is 10.3. The molecule has 0 aliphatic rings. The number of nitrogens with zero attached hydrogens (tertiary/aromatic N) is 3. The quantitative estimate of drug-likeness (QED) is 0.140. The Hall–Kier alpha value is -3.76. The number of aryl methyl sites for hydroxylation is 1. The fourth-order valence-corrected chi connectivity index (χ4v) is 3.99. The molecule has 0 aliphatic carbocycles. The van der Waals surface area contributed by atoms with Gasteiger partial charge in [-0.15, -0.1) is 0 Å². The highest BCUT2D eigenvalue weighted by Gasteiger charge is 2.14. The van der Waals surface area contributed by atoms with Crippen LogP contribution in [-0.4, -0.2) is 58.0 Å². The van der Waals surface area contributed by atoms with Crippen molar-refractivity contribution in [3.05, 3.63) is 70.3 Å². The molecule has 4 rings (SSSR count). The van der Waals surface area contributed by atoms with E-state index in [4.69, 9.17) is 9.90 Å². The van der Waals surface area contributed by atoms with Crippen LogP contribution in [0.3, 0.4) is 0 Å². The van der Waals surface area contributed by atoms with E-state index in [-0.39, 0.29) is 11.5 Å². The highest BCUT2D eigenvalue weighted by atomic mass is 79.9. The van der Waals surface area contributed by atoms with Crippen LogP contribution in [0.2, 0.25) is 0 Å². The van der Waals surface area contributed by atoms with E-state index in [0.717, 1.165) is 47.4 Å². The standard InChI is InChI=1S/C19H24BrN5O.C8H8O2.2C2H6.CH2O/c1-3-13(8-9-21-2)11-22-18-10-16(14-6-4-5-7-17(14)26)24-19-15(20)12-23-25(18)19;1-6-2-3-7(5-9)4-8(6)10;3*1-2/h4-7,10,12-13,21-22,26H,3,8-9,11H2,1-2H3;2-5,10H,1H3;2*1-2H3;1H2. The van der Waals surface area contributed by atoms with Gasteiger partial charge >= 0.3 is 0 Å². The number of aromatic nitrogens is 3. The van der Waals surface area contributed by atoms with E-state index in [1.165, 1.54) is 6.07 Å². The first-order chi connectivity index (χ1) is 20.4. The van der Waals surface area contributed by atoms with Crippen LogP contribution in [-0.2, 0) is 4.79 Å². The molecular weight excluding hydrogens is 598 g/mol. The van der Waals surface area contributed by atoms with E-state index < -0.39 is 0 Å². The maximum atomic E-state index is 10.2. The zero-order valence-electron chi connectivity index (χ0n) is 25.8. The zero-order chi connectivity index (χ0) is 32.1. The van der Waals surface area contributed by atoms with Crippen molar-refractivity contribution in [3.63, 3.8) is 0 Å². The van der Waals surface area contributed by atoms with Crippen molar-refractivity contribution < 1.29 is 19.8 Å². The molecule has 2 heterocycles. The number of halogens is 1. The number of anilines is 1. The van der Waals surface area contributed by atoms with E-state index in [9.17, 15) is 9.90 Å². The molecule has 9 nitrogen and oxygen atoms in total. The van der Waals surface area contributed by atoms with Gasteiger partial charge < -0.3 is 25.6 Å². The van der Waals surface area contributed by atoms with Crippen molar-refractivity contribution in [2.24, 2.45) is 5.92 Å². The Morgan fingerprint density at radius 2 is 1.71 bits per heavy atom. The topological polar surface area (TPSA) is 129 Å². The summed E-state index contributed by atoms with van der Waals surface area (Å²) in [7, 11) is 1.98. The number of nitrogens with one attached hydrogen (secondary N) is 2. The summed E-state index contributed by atoms with van der Waals surface area (Å²) in [6.45, 7) is 15.9. The van der Waals surface area contributed by atoms with Gasteiger partial charge in [-0.05, 0) is 72.5 Å². The Morgan fingerprint density at radius 3 is 2.29 bits per heavy atom. The van der Waals surface area contributed by atoms with Crippen LogP contribution in [0.15, 0.2) is 59.2 Å². The number of aromatic hydroxyl groups is 2. The molecule has 0 saturated heterocycles. The summed E-state index contributed by atoms with van der Waals surface area (Å²) in [4.78, 5) is 22.8. The van der Waals surface area contributed by atoms with Gasteiger partial charge in [-0.3, -0.25) is 4.79 Å². The van der Waals surface area contributed by atoms with E-state index in [1.54, 1.807) is 41.9 Å². The smallest absolute Gasteiger partial charge is 0.172 e. The minimum Gasteiger partial charge on any atom is -0.508 e. The molecule has 2 aromatic heterocycles. The third kappa shape index (κ3) is 11.6. The Balaban J connectivity index is 0.000000876. The van der Waals surface area contributed by atoms with Crippen LogP contribution < -0.4 is 10.6 Å². The van der Waals surface area contributed by atoms with Crippen LogP contribution in [0.1, 0.15) is 63.4 Å². The minimum atomic E-state index is 0.171. The number of hydrogen-bond acceptors (Lipinski definition) is 8. The zero-order valence-corrected chi connectivity index (χ0v) is 27.4. The molecule has 10 heteroatoms. The van der Waals surface area contributed by atoms with Gasteiger partial charge in [0.05, 0.1) is 16.4 Å². The lowest BCUT2D eigenvalue weighted by Gasteiger charge is -2.17. The number of phenols is 2. The van der Waals surface area contributed by atoms with Gasteiger partial charge in [0.2, 0.25) is 0 Å². The third-order valence-corrected chi connectivity index (χ3v) is 6.49. The number of para-hydroxylation sites is 1. The van der Waals surface area contributed by atoms with Gasteiger partial charge in [0.1, 0.15) is 30.4 Å². The molecule has 0 saturated carbocycles. The number of benzene rings is 2. The Morgan fingerprint density at radius 1 is 1.05 bits per heavy atom. The minimum absolute atomic E-state index is 0.171. The Labute approximate surface area is 258 Å². The molecule has 230 valence electrons. The number of carbonyl (C=O) groups is 2. The fourth-order valence-electron chi connectivity index (χ4n) is 3.64. The van der Waals surface area contributed by atoms with Gasteiger partial charge in [-0.2, -0.15) is 9.61 Å². The fraction of sp³-hybridized carbons (Fsp3) is 0.375. The molecule has 42 heavy (non-hydrogen) atoms. The third-order valence-electron chi connectivity index (χ3n) is 5.93. The molecule has 1 atom stereocenters. The summed E-state index contributed by atoms with van der Waals surface area (Å²) >= 11 is 3.51. The van der Waals surface area contributed by atoms with E-state index in [2.05, 4.69) is 43.6 Å². The highest BCUT2D eigenvalue weighted by molar-refractivity contribution is 9.10. The lowest BCUT2D eigenvalue weighted by molar-refractivity contribution is -0.0980. The second-order valence-electron chi connectivity index (χ2n) is 8.48. The van der Waals surface area contributed by atoms with Gasteiger partial charge in [0.15, 0.2) is 5.65 Å². The van der Waals surface area contributed by atoms with Gasteiger partial charge in [0, 0.05) is 23.7 Å². The molecule has 1 unspecified atom stereocenters. The second kappa shape index (κ2) is 21.9. The molecule has 0 radical (unpaired) electrons. The predicted molar refractivity (Wildman–Crippen MR) is 177 cm³/mol. The van der Waals surface area contributed by atoms with Crippen molar-refractivity contribution in [3.8, 4) is 22.8 Å². The Bertz CT molecular complexity index is 1330. The second-order valence-corrected chi connectivity index (χ2v) is 9.34. The first-order valence-electron chi connectivity index (χ1n) is 14.1. The number of aldehydes is 1. The molecule has 0 spiro atoms. The van der Waals surface area contributed by atoms with Gasteiger partial charge in [0.25, 0.3) is 0 Å². The molecular formula is C32H46BrN5O4. The van der Waals surface area contributed by atoms with Crippen molar-refractivity contribution in [1.82, 2.24) is 19.9 Å². The van der Waals surface area contributed by atoms with Gasteiger partial charge in [-0.25, -0.2) is 4.98 Å². The lowest BCUT2D eigenvalue weighted by Crippen LogP contribution is -2.20. The highest BCUT2D eigenvalue weighted by Crippen LogP contribution is 2.31.